The summed E-state index contributed by atoms with van der Waals surface area (Å²) in [6.07, 6.45) is 1.56. The maximum absolute atomic E-state index is 15.0. The Morgan fingerprint density at radius 3 is 2.73 bits per heavy atom. The summed E-state index contributed by atoms with van der Waals surface area (Å²) in [5.41, 5.74) is 1.41. The number of benzene rings is 2. The SMILES string of the molecule is CNS(=O)(=O)Nc1cccc(Cc2c(C)c3cc(C)c(Oc4nccs4)cc3oc2=O)c1F. The number of aryl methyl sites for hydroxylation is 2. The zero-order valence-corrected chi connectivity index (χ0v) is 19.6. The van der Waals surface area contributed by atoms with Gasteiger partial charge in [0, 0.05) is 42.1 Å². The highest BCUT2D eigenvalue weighted by Gasteiger charge is 2.19. The van der Waals surface area contributed by atoms with E-state index in [4.69, 9.17) is 9.15 Å². The number of aromatic nitrogens is 1. The molecule has 0 radical (unpaired) electrons. The number of nitrogens with one attached hydrogen (secondary N) is 2. The van der Waals surface area contributed by atoms with Crippen LogP contribution in [0.3, 0.4) is 0 Å². The van der Waals surface area contributed by atoms with Crippen molar-refractivity contribution in [2.75, 3.05) is 11.8 Å². The van der Waals surface area contributed by atoms with Crippen LogP contribution in [0.2, 0.25) is 0 Å². The molecule has 0 bridgehead atoms. The van der Waals surface area contributed by atoms with Gasteiger partial charge in [-0.05, 0) is 42.7 Å². The molecule has 172 valence electrons. The molecule has 0 aliphatic heterocycles. The van der Waals surface area contributed by atoms with E-state index in [2.05, 4.69) is 14.4 Å². The maximum Gasteiger partial charge on any atom is 0.340 e. The van der Waals surface area contributed by atoms with E-state index >= 15 is 0 Å². The van der Waals surface area contributed by atoms with Gasteiger partial charge in [0.25, 0.3) is 15.4 Å². The summed E-state index contributed by atoms with van der Waals surface area (Å²) in [4.78, 5) is 16.9. The summed E-state index contributed by atoms with van der Waals surface area (Å²) in [5.74, 6) is -0.248. The Balaban J connectivity index is 1.73. The van der Waals surface area contributed by atoms with Crippen LogP contribution < -0.4 is 19.8 Å². The van der Waals surface area contributed by atoms with Crippen LogP contribution >= 0.6 is 11.3 Å². The third-order valence-corrected chi connectivity index (χ3v) is 6.82. The molecule has 0 aliphatic carbocycles. The van der Waals surface area contributed by atoms with Gasteiger partial charge in [0.05, 0.1) is 5.69 Å². The number of thiazole rings is 1. The fourth-order valence-electron chi connectivity index (χ4n) is 3.37. The predicted molar refractivity (Wildman–Crippen MR) is 125 cm³/mol. The molecular formula is C22H20FN3O5S2. The summed E-state index contributed by atoms with van der Waals surface area (Å²) in [6, 6.07) is 7.78. The minimum Gasteiger partial charge on any atom is -0.430 e. The highest BCUT2D eigenvalue weighted by molar-refractivity contribution is 7.90. The van der Waals surface area contributed by atoms with Crippen LogP contribution in [0.5, 0.6) is 10.9 Å². The number of anilines is 1. The average molecular weight is 490 g/mol. The van der Waals surface area contributed by atoms with E-state index in [0.29, 0.717) is 27.5 Å². The van der Waals surface area contributed by atoms with Gasteiger partial charge >= 0.3 is 5.63 Å². The van der Waals surface area contributed by atoms with Gasteiger partial charge in [-0.3, -0.25) is 4.72 Å². The number of hydrogen-bond donors (Lipinski definition) is 2. The lowest BCUT2D eigenvalue weighted by Crippen LogP contribution is -2.27. The van der Waals surface area contributed by atoms with E-state index in [0.717, 1.165) is 5.56 Å². The third-order valence-electron chi connectivity index (χ3n) is 5.15. The smallest absolute Gasteiger partial charge is 0.340 e. The van der Waals surface area contributed by atoms with Crippen LogP contribution in [-0.2, 0) is 16.6 Å². The molecule has 0 fully saturated rings. The van der Waals surface area contributed by atoms with Crippen molar-refractivity contribution in [3.63, 3.8) is 0 Å². The van der Waals surface area contributed by atoms with Crippen molar-refractivity contribution in [2.45, 2.75) is 20.3 Å². The first kappa shape index (κ1) is 22.9. The largest absolute Gasteiger partial charge is 0.430 e. The van der Waals surface area contributed by atoms with Gasteiger partial charge in [-0.1, -0.05) is 23.5 Å². The molecule has 11 heteroatoms. The summed E-state index contributed by atoms with van der Waals surface area (Å²) in [5, 5.41) is 2.96. The van der Waals surface area contributed by atoms with Gasteiger partial charge in [0.1, 0.15) is 11.3 Å². The van der Waals surface area contributed by atoms with Gasteiger partial charge in [0.2, 0.25) is 0 Å². The zero-order chi connectivity index (χ0) is 23.8. The molecule has 0 atom stereocenters. The molecule has 2 aromatic heterocycles. The van der Waals surface area contributed by atoms with Gasteiger partial charge in [-0.25, -0.2) is 18.9 Å². The Morgan fingerprint density at radius 1 is 1.24 bits per heavy atom. The van der Waals surface area contributed by atoms with Crippen molar-refractivity contribution in [1.82, 2.24) is 9.71 Å². The van der Waals surface area contributed by atoms with Gasteiger partial charge in [-0.2, -0.15) is 8.42 Å². The van der Waals surface area contributed by atoms with Gasteiger partial charge < -0.3 is 9.15 Å². The Hall–Kier alpha value is -3.28. The topological polar surface area (TPSA) is 111 Å². The first-order valence-corrected chi connectivity index (χ1v) is 12.2. The second kappa shape index (κ2) is 8.93. The minimum absolute atomic E-state index is 0.0680. The van der Waals surface area contributed by atoms with Crippen LogP contribution in [0.25, 0.3) is 11.0 Å². The van der Waals surface area contributed by atoms with Crippen molar-refractivity contribution < 1.29 is 22.0 Å². The number of nitrogens with zero attached hydrogens (tertiary/aromatic N) is 1. The second-order valence-corrected chi connectivity index (χ2v) is 9.75. The van der Waals surface area contributed by atoms with E-state index < -0.39 is 21.7 Å². The standard InChI is InChI=1S/C22H20FN3O5S2/c1-12-9-15-13(2)16(10-14-5-4-6-17(20(14)23)26-33(28,29)24-3)21(27)30-19(15)11-18(12)31-22-25-7-8-32-22/h4-9,11,24,26H,10H2,1-3H3. The molecule has 4 aromatic rings. The summed E-state index contributed by atoms with van der Waals surface area (Å²) in [7, 11) is -2.68. The lowest BCUT2D eigenvalue weighted by atomic mass is 9.98. The van der Waals surface area contributed by atoms with E-state index in [1.165, 1.54) is 36.6 Å². The van der Waals surface area contributed by atoms with Crippen LogP contribution in [0.4, 0.5) is 10.1 Å². The van der Waals surface area contributed by atoms with Crippen LogP contribution in [0.1, 0.15) is 22.3 Å². The Kier molecular flexibility index (Phi) is 6.19. The van der Waals surface area contributed by atoms with Crippen LogP contribution in [-0.4, -0.2) is 20.4 Å². The van der Waals surface area contributed by atoms with Crippen molar-refractivity contribution in [3.05, 3.63) is 80.4 Å². The number of halogens is 1. The molecule has 33 heavy (non-hydrogen) atoms. The van der Waals surface area contributed by atoms with Crippen molar-refractivity contribution in [1.29, 1.82) is 0 Å². The number of rotatable bonds is 7. The molecule has 0 saturated heterocycles. The molecule has 8 nitrogen and oxygen atoms in total. The number of hydrogen-bond acceptors (Lipinski definition) is 7. The number of fused-ring (bicyclic) bond motifs is 1. The lowest BCUT2D eigenvalue weighted by molar-refractivity contribution is 0.472. The van der Waals surface area contributed by atoms with Crippen LogP contribution in [0, 0.1) is 19.7 Å². The average Bonchev–Trinajstić information content (AvgIpc) is 3.28. The highest BCUT2D eigenvalue weighted by atomic mass is 32.2. The lowest BCUT2D eigenvalue weighted by Gasteiger charge is -2.13. The molecular weight excluding hydrogens is 469 g/mol. The van der Waals surface area contributed by atoms with Crippen LogP contribution in [0.15, 0.2) is 51.1 Å². The Bertz CT molecular complexity index is 1500. The van der Waals surface area contributed by atoms with Gasteiger partial charge in [-0.15, -0.1) is 0 Å². The molecule has 4 rings (SSSR count). The van der Waals surface area contributed by atoms with E-state index in [9.17, 15) is 17.6 Å². The molecule has 2 heterocycles. The third kappa shape index (κ3) is 4.75. The molecule has 0 aliphatic rings. The molecule has 0 amide bonds. The van der Waals surface area contributed by atoms with Crippen molar-refractivity contribution >= 4 is 38.2 Å². The van der Waals surface area contributed by atoms with E-state index in [1.54, 1.807) is 24.6 Å². The molecule has 0 unspecified atom stereocenters. The first-order chi connectivity index (χ1) is 15.7. The Morgan fingerprint density at radius 2 is 2.03 bits per heavy atom. The van der Waals surface area contributed by atoms with E-state index in [-0.39, 0.29) is 23.2 Å². The van der Waals surface area contributed by atoms with E-state index in [1.807, 2.05) is 13.0 Å². The fraction of sp³-hybridized carbons (Fsp3) is 0.182. The first-order valence-electron chi connectivity index (χ1n) is 9.81. The maximum atomic E-state index is 15.0. The molecule has 0 saturated carbocycles. The fourth-order valence-corrected chi connectivity index (χ4v) is 4.42. The van der Waals surface area contributed by atoms with Crippen molar-refractivity contribution in [3.8, 4) is 10.9 Å². The predicted octanol–water partition coefficient (Wildman–Crippen LogP) is 4.26. The Labute approximate surface area is 193 Å². The quantitative estimate of drug-likeness (QED) is 0.375. The zero-order valence-electron chi connectivity index (χ0n) is 17.9. The summed E-state index contributed by atoms with van der Waals surface area (Å²) in [6.45, 7) is 3.63. The van der Waals surface area contributed by atoms with Gasteiger partial charge in [0.15, 0.2) is 5.82 Å². The number of ether oxygens (including phenoxy) is 1. The highest BCUT2D eigenvalue weighted by Crippen LogP contribution is 2.32. The molecule has 2 N–H and O–H groups in total. The second-order valence-electron chi connectivity index (χ2n) is 7.27. The van der Waals surface area contributed by atoms with Crippen molar-refractivity contribution in [2.24, 2.45) is 0 Å². The summed E-state index contributed by atoms with van der Waals surface area (Å²) < 4.78 is 54.0. The normalized spacial score (nSPS) is 11.6. The minimum atomic E-state index is -3.89. The summed E-state index contributed by atoms with van der Waals surface area (Å²) >= 11 is 1.34. The molecule has 0 spiro atoms. The monoisotopic (exact) mass is 489 g/mol. The molecule has 2 aromatic carbocycles.